The number of benzene rings is 2. The number of rotatable bonds is 12. The molecule has 2 aliphatic heterocycles. The van der Waals surface area contributed by atoms with Crippen molar-refractivity contribution < 1.29 is 45.8 Å². The molecule has 1 saturated heterocycles. The third kappa shape index (κ3) is 7.40. The molecule has 3 amide bonds. The predicted octanol–water partition coefficient (Wildman–Crippen LogP) is 3.89. The van der Waals surface area contributed by atoms with E-state index < -0.39 is 79.7 Å². The molecule has 5 atom stereocenters. The number of hydrogen-bond acceptors (Lipinski definition) is 11. The molecule has 0 radical (unpaired) electrons. The Hall–Kier alpha value is -5.19. The van der Waals surface area contributed by atoms with Crippen molar-refractivity contribution in [3.8, 4) is 17.4 Å². The summed E-state index contributed by atoms with van der Waals surface area (Å²) in [6.45, 7) is 10.1. The van der Waals surface area contributed by atoms with Crippen molar-refractivity contribution in [3.63, 3.8) is 0 Å². The Kier molecular flexibility index (Phi) is 10.0. The summed E-state index contributed by atoms with van der Waals surface area (Å²) in [6, 6.07) is 6.33. The average molecular weight is 797 g/mol. The second-order valence-corrected chi connectivity index (χ2v) is 17.9. The molecule has 4 aliphatic rings. The predicted molar refractivity (Wildman–Crippen MR) is 204 cm³/mol. The van der Waals surface area contributed by atoms with Crippen LogP contribution in [0.2, 0.25) is 0 Å². The van der Waals surface area contributed by atoms with Gasteiger partial charge in [-0.15, -0.1) is 6.58 Å². The lowest BCUT2D eigenvalue weighted by Gasteiger charge is -2.36. The SMILES string of the molecule is C=C[C@@H]1C[C@]1(NC(=O)[C@@H]1C[C@@H](Oc2nc3c(c4cc(OC)ccc24)OCCN3C)CN1C(=O)[C@H](Nc1ccc(F)c(F)c1)C(C)(C)C)C(=O)NS(=O)(=O)C1CC1. The molecule has 2 aliphatic carbocycles. The molecule has 17 heteroatoms. The highest BCUT2D eigenvalue weighted by atomic mass is 32.2. The van der Waals surface area contributed by atoms with E-state index in [1.165, 1.54) is 17.0 Å². The number of likely N-dealkylation sites (N-methyl/N-ethyl adjacent to an activating group) is 1. The standard InChI is InChI=1S/C39H46F2N6O8S/c1-7-21-19-39(21,37(50)45-56(51,52)25-10-11-25)44-34(48)30-18-24(20-47(30)36(49)32(38(2,3)4)42-22-8-13-28(40)29(41)16-22)55-35-26-12-9-23(53-6)17-27(26)31-33(43-35)46(5)14-15-54-31/h7-9,12-13,16-17,21,24-25,30,32,42H,1,10-11,14-15,18-20H2,2-6H3,(H,44,48)(H,45,50)/t21-,24-,30+,32+,39-/m1/s1. The minimum atomic E-state index is -3.94. The Labute approximate surface area is 324 Å². The van der Waals surface area contributed by atoms with Crippen LogP contribution >= 0.6 is 0 Å². The molecule has 0 bridgehead atoms. The average Bonchev–Trinajstić information content (AvgIpc) is 4.08. The van der Waals surface area contributed by atoms with Crippen LogP contribution in [0, 0.1) is 23.0 Å². The van der Waals surface area contributed by atoms with Crippen LogP contribution in [-0.2, 0) is 24.4 Å². The first-order valence-corrected chi connectivity index (χ1v) is 20.1. The molecule has 1 aromatic heterocycles. The number of hydrogen-bond donors (Lipinski definition) is 3. The summed E-state index contributed by atoms with van der Waals surface area (Å²) in [4.78, 5) is 50.8. The number of nitrogens with zero attached hydrogens (tertiary/aromatic N) is 3. The van der Waals surface area contributed by atoms with E-state index in [0.29, 0.717) is 54.1 Å². The molecule has 3 fully saturated rings. The van der Waals surface area contributed by atoms with Gasteiger partial charge in [0.1, 0.15) is 36.1 Å². The number of likely N-dealkylation sites (tertiary alicyclic amines) is 1. The smallest absolute Gasteiger partial charge is 0.259 e. The highest BCUT2D eigenvalue weighted by Crippen LogP contribution is 2.46. The lowest BCUT2D eigenvalue weighted by atomic mass is 9.85. The summed E-state index contributed by atoms with van der Waals surface area (Å²) >= 11 is 0. The van der Waals surface area contributed by atoms with Crippen LogP contribution in [0.15, 0.2) is 49.1 Å². The van der Waals surface area contributed by atoms with Crippen LogP contribution < -0.4 is 34.5 Å². The summed E-state index contributed by atoms with van der Waals surface area (Å²) in [5.41, 5.74) is -2.26. The van der Waals surface area contributed by atoms with E-state index in [9.17, 15) is 31.6 Å². The molecular weight excluding hydrogens is 751 g/mol. The highest BCUT2D eigenvalue weighted by Gasteiger charge is 2.62. The van der Waals surface area contributed by atoms with Gasteiger partial charge in [-0.2, -0.15) is 4.98 Å². The molecule has 0 spiro atoms. The van der Waals surface area contributed by atoms with Crippen LogP contribution in [-0.4, -0.2) is 98.9 Å². The van der Waals surface area contributed by atoms with Gasteiger partial charge in [0.25, 0.3) is 5.91 Å². The van der Waals surface area contributed by atoms with Crippen LogP contribution in [0.1, 0.15) is 46.5 Å². The third-order valence-corrected chi connectivity index (χ3v) is 12.7. The maximum atomic E-state index is 14.7. The van der Waals surface area contributed by atoms with E-state index in [1.54, 1.807) is 40.0 Å². The number of anilines is 2. The largest absolute Gasteiger partial charge is 0.497 e. The molecule has 3 aromatic rings. The Morgan fingerprint density at radius 1 is 1.11 bits per heavy atom. The topological polar surface area (TPSA) is 168 Å². The van der Waals surface area contributed by atoms with Gasteiger partial charge in [-0.05, 0) is 55.0 Å². The van der Waals surface area contributed by atoms with Crippen molar-refractivity contribution in [2.75, 3.05) is 44.1 Å². The number of carbonyl (C=O) groups is 3. The highest BCUT2D eigenvalue weighted by molar-refractivity contribution is 7.91. The minimum Gasteiger partial charge on any atom is -0.497 e. The molecule has 3 N–H and O–H groups in total. The Balaban J connectivity index is 1.23. The lowest BCUT2D eigenvalue weighted by Crippen LogP contribution is -2.58. The van der Waals surface area contributed by atoms with Gasteiger partial charge in [0.2, 0.25) is 27.7 Å². The van der Waals surface area contributed by atoms with Crippen LogP contribution in [0.3, 0.4) is 0 Å². The molecule has 0 unspecified atom stereocenters. The number of carbonyl (C=O) groups excluding carboxylic acids is 3. The molecule has 3 heterocycles. The van der Waals surface area contributed by atoms with Crippen molar-refractivity contribution in [2.24, 2.45) is 11.3 Å². The van der Waals surface area contributed by atoms with Gasteiger partial charge in [0.15, 0.2) is 23.2 Å². The van der Waals surface area contributed by atoms with Crippen molar-refractivity contribution in [2.45, 2.75) is 75.4 Å². The number of pyridine rings is 1. The summed E-state index contributed by atoms with van der Waals surface area (Å²) in [5, 5.41) is 6.46. The Morgan fingerprint density at radius 3 is 2.50 bits per heavy atom. The number of amides is 3. The van der Waals surface area contributed by atoms with Crippen molar-refractivity contribution in [3.05, 3.63) is 60.7 Å². The quantitative estimate of drug-likeness (QED) is 0.228. The van der Waals surface area contributed by atoms with E-state index >= 15 is 0 Å². The first-order chi connectivity index (χ1) is 26.4. The Bertz CT molecular complexity index is 2210. The molecule has 300 valence electrons. The fraction of sp³-hybridized carbons (Fsp3) is 0.487. The second kappa shape index (κ2) is 14.4. The Morgan fingerprint density at radius 2 is 1.86 bits per heavy atom. The van der Waals surface area contributed by atoms with Gasteiger partial charge >= 0.3 is 0 Å². The number of nitrogens with one attached hydrogen (secondary N) is 3. The fourth-order valence-corrected chi connectivity index (χ4v) is 8.72. The number of fused-ring (bicyclic) bond motifs is 3. The number of halogens is 2. The number of sulfonamides is 1. The maximum absolute atomic E-state index is 14.7. The van der Waals surface area contributed by atoms with Crippen LogP contribution in [0.25, 0.3) is 10.8 Å². The fourth-order valence-electron chi connectivity index (χ4n) is 7.35. The van der Waals surface area contributed by atoms with E-state index in [1.807, 2.05) is 18.0 Å². The normalized spacial score (nSPS) is 23.7. The molecular formula is C39H46F2N6O8S. The van der Waals surface area contributed by atoms with Gasteiger partial charge in [0.05, 0.1) is 25.4 Å². The third-order valence-electron chi connectivity index (χ3n) is 10.9. The summed E-state index contributed by atoms with van der Waals surface area (Å²) in [7, 11) is -0.502. The zero-order valence-corrected chi connectivity index (χ0v) is 32.7. The first kappa shape index (κ1) is 39.1. The van der Waals surface area contributed by atoms with Gasteiger partial charge in [-0.3, -0.25) is 19.1 Å². The monoisotopic (exact) mass is 796 g/mol. The number of aromatic nitrogens is 1. The zero-order valence-electron chi connectivity index (χ0n) is 31.9. The number of methoxy groups -OCH3 is 1. The first-order valence-electron chi connectivity index (χ1n) is 18.5. The maximum Gasteiger partial charge on any atom is 0.259 e. The van der Waals surface area contributed by atoms with Crippen molar-refractivity contribution in [1.29, 1.82) is 0 Å². The van der Waals surface area contributed by atoms with E-state index in [0.717, 1.165) is 12.1 Å². The van der Waals surface area contributed by atoms with Crippen molar-refractivity contribution in [1.82, 2.24) is 19.9 Å². The molecule has 14 nitrogen and oxygen atoms in total. The van der Waals surface area contributed by atoms with Crippen LogP contribution in [0.5, 0.6) is 17.4 Å². The second-order valence-electron chi connectivity index (χ2n) is 16.0. The molecule has 2 aromatic carbocycles. The lowest BCUT2D eigenvalue weighted by molar-refractivity contribution is -0.141. The number of ether oxygens (including phenoxy) is 3. The molecule has 7 rings (SSSR count). The van der Waals surface area contributed by atoms with Gasteiger partial charge < -0.3 is 34.6 Å². The van der Waals surface area contributed by atoms with E-state index in [4.69, 9.17) is 19.2 Å². The summed E-state index contributed by atoms with van der Waals surface area (Å²) < 4.78 is 73.9. The van der Waals surface area contributed by atoms with E-state index in [2.05, 4.69) is 21.9 Å². The zero-order chi connectivity index (χ0) is 40.3. The van der Waals surface area contributed by atoms with Crippen molar-refractivity contribution >= 4 is 50.0 Å². The van der Waals surface area contributed by atoms with E-state index in [-0.39, 0.29) is 31.0 Å². The minimum absolute atomic E-state index is 0.0286. The molecule has 56 heavy (non-hydrogen) atoms. The summed E-state index contributed by atoms with van der Waals surface area (Å²) in [6.07, 6.45) is 1.65. The van der Waals surface area contributed by atoms with Crippen LogP contribution in [0.4, 0.5) is 20.3 Å². The van der Waals surface area contributed by atoms with Gasteiger partial charge in [-0.25, -0.2) is 17.2 Å². The summed E-state index contributed by atoms with van der Waals surface area (Å²) in [5.74, 6) is -2.90. The van der Waals surface area contributed by atoms with Gasteiger partial charge in [0, 0.05) is 41.9 Å². The van der Waals surface area contributed by atoms with Gasteiger partial charge in [-0.1, -0.05) is 26.8 Å². The molecule has 2 saturated carbocycles.